The number of carbonyl (C=O) groups excluding carboxylic acids is 1. The highest BCUT2D eigenvalue weighted by Crippen LogP contribution is 2.18. The summed E-state index contributed by atoms with van der Waals surface area (Å²) in [5.74, 6) is -1.35. The first-order valence-electron chi connectivity index (χ1n) is 7.53. The fourth-order valence-electron chi connectivity index (χ4n) is 2.88. The molecule has 3 rings (SSSR count). The Bertz CT molecular complexity index is 733. The van der Waals surface area contributed by atoms with Gasteiger partial charge in [-0.2, -0.15) is 0 Å². The third-order valence-corrected chi connectivity index (χ3v) is 4.18. The van der Waals surface area contributed by atoms with Gasteiger partial charge in [-0.05, 0) is 23.6 Å². The van der Waals surface area contributed by atoms with E-state index in [1.165, 1.54) is 22.6 Å². The Kier molecular flexibility index (Phi) is 4.39. The van der Waals surface area contributed by atoms with Crippen molar-refractivity contribution in [3.63, 3.8) is 0 Å². The molecule has 1 unspecified atom stereocenters. The molecule has 0 aliphatic carbocycles. The van der Waals surface area contributed by atoms with Gasteiger partial charge in [0.05, 0.1) is 6.04 Å². The molecule has 0 spiro atoms. The lowest BCUT2D eigenvalue weighted by Gasteiger charge is -2.29. The topological polar surface area (TPSA) is 32.3 Å². The molecule has 1 heterocycles. The summed E-state index contributed by atoms with van der Waals surface area (Å²) in [6.45, 7) is 0.760. The Morgan fingerprint density at radius 2 is 1.96 bits per heavy atom. The highest BCUT2D eigenvalue weighted by molar-refractivity contribution is 5.82. The zero-order valence-electron chi connectivity index (χ0n) is 12.9. The third kappa shape index (κ3) is 3.40. The molecule has 23 heavy (non-hydrogen) atoms. The van der Waals surface area contributed by atoms with E-state index in [9.17, 15) is 13.6 Å². The minimum Gasteiger partial charge on any atom is -0.340 e. The second-order valence-electron chi connectivity index (χ2n) is 5.84. The van der Waals surface area contributed by atoms with Crippen molar-refractivity contribution in [2.45, 2.75) is 25.6 Å². The van der Waals surface area contributed by atoms with E-state index in [-0.39, 0.29) is 18.5 Å². The predicted octanol–water partition coefficient (Wildman–Crippen LogP) is 2.64. The molecule has 0 aromatic heterocycles. The van der Waals surface area contributed by atoms with Crippen molar-refractivity contribution in [1.82, 2.24) is 10.2 Å². The molecule has 1 amide bonds. The van der Waals surface area contributed by atoms with Crippen molar-refractivity contribution in [2.75, 3.05) is 7.05 Å². The molecule has 1 N–H and O–H groups in total. The number of halogens is 2. The number of rotatable bonds is 3. The van der Waals surface area contributed by atoms with E-state index in [2.05, 4.69) is 5.32 Å². The van der Waals surface area contributed by atoms with Crippen LogP contribution in [-0.2, 0) is 24.3 Å². The molecule has 1 aliphatic heterocycles. The van der Waals surface area contributed by atoms with E-state index in [1.807, 2.05) is 24.3 Å². The smallest absolute Gasteiger partial charge is 0.240 e. The van der Waals surface area contributed by atoms with Gasteiger partial charge in [0.2, 0.25) is 5.91 Å². The Balaban J connectivity index is 1.68. The molecule has 2 aromatic rings. The van der Waals surface area contributed by atoms with Crippen LogP contribution in [0.2, 0.25) is 0 Å². The van der Waals surface area contributed by atoms with Gasteiger partial charge in [0.1, 0.15) is 11.6 Å². The monoisotopic (exact) mass is 316 g/mol. The summed E-state index contributed by atoms with van der Waals surface area (Å²) in [7, 11) is 1.63. The average Bonchev–Trinajstić information content (AvgIpc) is 2.56. The second kappa shape index (κ2) is 6.46. The maximum Gasteiger partial charge on any atom is 0.240 e. The second-order valence-corrected chi connectivity index (χ2v) is 5.84. The molecule has 1 atom stereocenters. The molecule has 0 saturated carbocycles. The summed E-state index contributed by atoms with van der Waals surface area (Å²) in [4.78, 5) is 14.0. The van der Waals surface area contributed by atoms with Crippen molar-refractivity contribution in [1.29, 1.82) is 0 Å². The minimum atomic E-state index is -0.633. The van der Waals surface area contributed by atoms with E-state index in [0.29, 0.717) is 18.5 Å². The Morgan fingerprint density at radius 3 is 2.70 bits per heavy atom. The van der Waals surface area contributed by atoms with Crippen LogP contribution < -0.4 is 5.32 Å². The zero-order valence-corrected chi connectivity index (χ0v) is 12.9. The predicted molar refractivity (Wildman–Crippen MR) is 83.6 cm³/mol. The fourth-order valence-corrected chi connectivity index (χ4v) is 2.88. The molecule has 0 fully saturated rings. The summed E-state index contributed by atoms with van der Waals surface area (Å²) in [5.41, 5.74) is 2.66. The van der Waals surface area contributed by atoms with E-state index in [1.54, 1.807) is 7.05 Å². The molecule has 5 heteroatoms. The SMILES string of the molecule is CN(Cc1ccc(F)cc1F)C(=O)C1Cc2ccccc2CN1. The van der Waals surface area contributed by atoms with Crippen molar-refractivity contribution in [2.24, 2.45) is 0 Å². The van der Waals surface area contributed by atoms with Crippen LogP contribution in [0.3, 0.4) is 0 Å². The fraction of sp³-hybridized carbons (Fsp3) is 0.278. The number of fused-ring (bicyclic) bond motifs is 1. The van der Waals surface area contributed by atoms with Gasteiger partial charge in [0.25, 0.3) is 0 Å². The quantitative estimate of drug-likeness (QED) is 0.944. The average molecular weight is 316 g/mol. The van der Waals surface area contributed by atoms with Crippen LogP contribution in [0.25, 0.3) is 0 Å². The van der Waals surface area contributed by atoms with Crippen molar-refractivity contribution in [3.8, 4) is 0 Å². The minimum absolute atomic E-state index is 0.0942. The van der Waals surface area contributed by atoms with Crippen LogP contribution >= 0.6 is 0 Å². The van der Waals surface area contributed by atoms with Crippen molar-refractivity contribution >= 4 is 5.91 Å². The van der Waals surface area contributed by atoms with Crippen LogP contribution in [0.1, 0.15) is 16.7 Å². The molecule has 2 aromatic carbocycles. The number of hydrogen-bond acceptors (Lipinski definition) is 2. The zero-order chi connectivity index (χ0) is 16.4. The van der Waals surface area contributed by atoms with Crippen LogP contribution in [0.5, 0.6) is 0 Å². The summed E-state index contributed by atoms with van der Waals surface area (Å²) < 4.78 is 26.7. The van der Waals surface area contributed by atoms with Crippen molar-refractivity contribution < 1.29 is 13.6 Å². The first-order valence-corrected chi connectivity index (χ1v) is 7.53. The lowest BCUT2D eigenvalue weighted by Crippen LogP contribution is -2.48. The highest BCUT2D eigenvalue weighted by Gasteiger charge is 2.26. The van der Waals surface area contributed by atoms with Gasteiger partial charge in [-0.1, -0.05) is 30.3 Å². The summed E-state index contributed by atoms with van der Waals surface area (Å²) >= 11 is 0. The molecule has 120 valence electrons. The van der Waals surface area contributed by atoms with Gasteiger partial charge >= 0.3 is 0 Å². The molecule has 0 bridgehead atoms. The van der Waals surface area contributed by atoms with Gasteiger partial charge in [-0.3, -0.25) is 4.79 Å². The number of hydrogen-bond donors (Lipinski definition) is 1. The molecule has 1 aliphatic rings. The number of likely N-dealkylation sites (N-methyl/N-ethyl adjacent to an activating group) is 1. The van der Waals surface area contributed by atoms with Crippen molar-refractivity contribution in [3.05, 3.63) is 70.8 Å². The van der Waals surface area contributed by atoms with Gasteiger partial charge in [0.15, 0.2) is 0 Å². The van der Waals surface area contributed by atoms with Gasteiger partial charge in [0, 0.05) is 31.8 Å². The number of nitrogens with one attached hydrogen (secondary N) is 1. The van der Waals surface area contributed by atoms with E-state index >= 15 is 0 Å². The maximum atomic E-state index is 13.7. The van der Waals surface area contributed by atoms with Crippen LogP contribution in [-0.4, -0.2) is 23.9 Å². The Labute approximate surface area is 133 Å². The van der Waals surface area contributed by atoms with E-state index in [0.717, 1.165) is 11.6 Å². The third-order valence-electron chi connectivity index (χ3n) is 4.18. The first-order chi connectivity index (χ1) is 11.0. The number of amides is 1. The molecule has 3 nitrogen and oxygen atoms in total. The molecular weight excluding hydrogens is 298 g/mol. The standard InChI is InChI=1S/C18H18F2N2O/c1-22(11-14-6-7-15(19)9-16(14)20)18(23)17-8-12-4-2-3-5-13(12)10-21-17/h2-7,9,17,21H,8,10-11H2,1H3. The van der Waals surface area contributed by atoms with Crippen LogP contribution in [0.4, 0.5) is 8.78 Å². The van der Waals surface area contributed by atoms with E-state index < -0.39 is 11.6 Å². The normalized spacial score (nSPS) is 16.7. The maximum absolute atomic E-state index is 13.7. The number of carbonyl (C=O) groups is 1. The first kappa shape index (κ1) is 15.6. The lowest BCUT2D eigenvalue weighted by atomic mass is 9.95. The molecule has 0 saturated heterocycles. The molecule has 0 radical (unpaired) electrons. The van der Waals surface area contributed by atoms with Crippen LogP contribution in [0.15, 0.2) is 42.5 Å². The van der Waals surface area contributed by atoms with Crippen LogP contribution in [0, 0.1) is 11.6 Å². The largest absolute Gasteiger partial charge is 0.340 e. The number of benzene rings is 2. The molecular formula is C18H18F2N2O. The lowest BCUT2D eigenvalue weighted by molar-refractivity contribution is -0.132. The van der Waals surface area contributed by atoms with Gasteiger partial charge in [-0.25, -0.2) is 8.78 Å². The van der Waals surface area contributed by atoms with Gasteiger partial charge in [-0.15, -0.1) is 0 Å². The summed E-state index contributed by atoms with van der Waals surface area (Å²) in [6.07, 6.45) is 0.616. The van der Waals surface area contributed by atoms with Gasteiger partial charge < -0.3 is 10.2 Å². The Hall–Kier alpha value is -2.27. The highest BCUT2D eigenvalue weighted by atomic mass is 19.1. The van der Waals surface area contributed by atoms with E-state index in [4.69, 9.17) is 0 Å². The summed E-state index contributed by atoms with van der Waals surface area (Å²) in [6, 6.07) is 11.1. The Morgan fingerprint density at radius 1 is 1.22 bits per heavy atom. The number of nitrogens with zero attached hydrogens (tertiary/aromatic N) is 1. The summed E-state index contributed by atoms with van der Waals surface area (Å²) in [5, 5.41) is 3.22.